The van der Waals surface area contributed by atoms with Gasteiger partial charge in [-0.05, 0) is 36.9 Å². The van der Waals surface area contributed by atoms with Crippen LogP contribution < -0.4 is 5.43 Å². The van der Waals surface area contributed by atoms with Gasteiger partial charge in [0, 0.05) is 11.1 Å². The monoisotopic (exact) mass is 323 g/mol. The highest BCUT2D eigenvalue weighted by Gasteiger charge is 2.14. The maximum atomic E-state index is 12.6. The summed E-state index contributed by atoms with van der Waals surface area (Å²) in [6.45, 7) is 3.89. The molecule has 3 aromatic rings. The summed E-state index contributed by atoms with van der Waals surface area (Å²) < 4.78 is 0. The number of carbonyl (C=O) groups is 1. The second-order valence-corrected chi connectivity index (χ2v) is 6.14. The minimum absolute atomic E-state index is 0.214. The second kappa shape index (κ2) is 6.71. The number of carbonyl (C=O) groups excluding carboxylic acids is 1. The van der Waals surface area contributed by atoms with Gasteiger partial charge in [-0.3, -0.25) is 4.79 Å². The molecule has 0 saturated carbocycles. The highest BCUT2D eigenvalue weighted by molar-refractivity contribution is 7.13. The molecule has 0 spiro atoms. The summed E-state index contributed by atoms with van der Waals surface area (Å²) in [6.07, 6.45) is 0.803. The fraction of sp³-hybridized carbons (Fsp3) is 0.167. The molecule has 0 aliphatic heterocycles. The van der Waals surface area contributed by atoms with E-state index in [9.17, 15) is 4.79 Å². The Morgan fingerprint density at radius 1 is 1.26 bits per heavy atom. The Bertz CT molecular complexity index is 869. The van der Waals surface area contributed by atoms with Crippen molar-refractivity contribution in [3.63, 3.8) is 0 Å². The van der Waals surface area contributed by atoms with Crippen molar-refractivity contribution in [3.05, 3.63) is 53.4 Å². The minimum Gasteiger partial charge on any atom is -0.267 e. The first kappa shape index (κ1) is 15.4. The molecule has 116 valence electrons. The lowest BCUT2D eigenvalue weighted by molar-refractivity contribution is 0.0956. The van der Waals surface area contributed by atoms with Crippen molar-refractivity contribution in [1.29, 1.82) is 0 Å². The molecule has 0 saturated heterocycles. The average molecular weight is 323 g/mol. The average Bonchev–Trinajstić information content (AvgIpc) is 3.13. The molecule has 2 aromatic heterocycles. The van der Waals surface area contributed by atoms with Crippen molar-refractivity contribution in [2.24, 2.45) is 5.10 Å². The zero-order valence-electron chi connectivity index (χ0n) is 13.0. The SMILES string of the molecule is CC/C(C)=N\NC(=O)c1cc(-c2cccs2)nc2ccccc12. The molecule has 5 heteroatoms. The van der Waals surface area contributed by atoms with E-state index in [-0.39, 0.29) is 5.91 Å². The van der Waals surface area contributed by atoms with E-state index >= 15 is 0 Å². The van der Waals surface area contributed by atoms with E-state index in [1.54, 1.807) is 11.3 Å². The van der Waals surface area contributed by atoms with Crippen molar-refractivity contribution in [2.45, 2.75) is 20.3 Å². The molecule has 4 nitrogen and oxygen atoms in total. The van der Waals surface area contributed by atoms with Gasteiger partial charge in [0.05, 0.1) is 21.7 Å². The summed E-state index contributed by atoms with van der Waals surface area (Å²) in [4.78, 5) is 18.3. The van der Waals surface area contributed by atoms with Crippen molar-refractivity contribution in [1.82, 2.24) is 10.4 Å². The van der Waals surface area contributed by atoms with Gasteiger partial charge < -0.3 is 0 Å². The number of aromatic nitrogens is 1. The number of para-hydroxylation sites is 1. The van der Waals surface area contributed by atoms with E-state index in [1.165, 1.54) is 0 Å². The lowest BCUT2D eigenvalue weighted by Crippen LogP contribution is -2.19. The van der Waals surface area contributed by atoms with Crippen LogP contribution in [-0.2, 0) is 0 Å². The highest BCUT2D eigenvalue weighted by atomic mass is 32.1. The van der Waals surface area contributed by atoms with Gasteiger partial charge in [-0.25, -0.2) is 10.4 Å². The molecule has 1 amide bonds. The molecule has 2 heterocycles. The maximum Gasteiger partial charge on any atom is 0.272 e. The zero-order chi connectivity index (χ0) is 16.2. The number of pyridine rings is 1. The van der Waals surface area contributed by atoms with Crippen LogP contribution in [-0.4, -0.2) is 16.6 Å². The number of rotatable bonds is 4. The molecule has 3 rings (SSSR count). The number of amides is 1. The Kier molecular flexibility index (Phi) is 4.48. The normalized spacial score (nSPS) is 11.7. The van der Waals surface area contributed by atoms with Gasteiger partial charge in [-0.1, -0.05) is 31.2 Å². The Hall–Kier alpha value is -2.53. The van der Waals surface area contributed by atoms with E-state index < -0.39 is 0 Å². The topological polar surface area (TPSA) is 54.4 Å². The summed E-state index contributed by atoms with van der Waals surface area (Å²) in [5.41, 5.74) is 5.72. The van der Waals surface area contributed by atoms with Crippen LogP contribution in [0.15, 0.2) is 52.9 Å². The number of benzene rings is 1. The van der Waals surface area contributed by atoms with E-state index in [0.717, 1.165) is 33.6 Å². The van der Waals surface area contributed by atoms with Crippen LogP contribution in [0.1, 0.15) is 30.6 Å². The third-order valence-corrected chi connectivity index (χ3v) is 4.49. The Balaban J connectivity index is 2.09. The van der Waals surface area contributed by atoms with Crippen molar-refractivity contribution in [2.75, 3.05) is 0 Å². The van der Waals surface area contributed by atoms with E-state index in [4.69, 9.17) is 0 Å². The van der Waals surface area contributed by atoms with Crippen molar-refractivity contribution in [3.8, 4) is 10.6 Å². The molecule has 0 aliphatic carbocycles. The molecule has 1 aromatic carbocycles. The number of hydrogen-bond donors (Lipinski definition) is 1. The van der Waals surface area contributed by atoms with Crippen LogP contribution in [0.5, 0.6) is 0 Å². The van der Waals surface area contributed by atoms with Crippen LogP contribution in [0, 0.1) is 0 Å². The number of thiophene rings is 1. The summed E-state index contributed by atoms with van der Waals surface area (Å²) in [5.74, 6) is -0.214. The van der Waals surface area contributed by atoms with Crippen molar-refractivity contribution >= 4 is 33.9 Å². The number of fused-ring (bicyclic) bond motifs is 1. The predicted octanol–water partition coefficient (Wildman–Crippen LogP) is 4.48. The highest BCUT2D eigenvalue weighted by Crippen LogP contribution is 2.27. The number of hydrogen-bond acceptors (Lipinski definition) is 4. The van der Waals surface area contributed by atoms with Gasteiger partial charge in [0.2, 0.25) is 0 Å². The van der Waals surface area contributed by atoms with Crippen molar-refractivity contribution < 1.29 is 4.79 Å². The lowest BCUT2D eigenvalue weighted by atomic mass is 10.1. The molecule has 0 atom stereocenters. The lowest BCUT2D eigenvalue weighted by Gasteiger charge is -2.08. The number of nitrogens with zero attached hydrogens (tertiary/aromatic N) is 2. The fourth-order valence-electron chi connectivity index (χ4n) is 2.20. The first-order chi connectivity index (χ1) is 11.2. The van der Waals surface area contributed by atoms with Gasteiger partial charge in [0.1, 0.15) is 0 Å². The Morgan fingerprint density at radius 3 is 2.83 bits per heavy atom. The fourth-order valence-corrected chi connectivity index (χ4v) is 2.89. The molecule has 0 radical (unpaired) electrons. The standard InChI is InChI=1S/C18H17N3OS/c1-3-12(2)20-21-18(22)14-11-16(17-9-6-10-23-17)19-15-8-5-4-7-13(14)15/h4-11H,3H2,1-2H3,(H,21,22)/b20-12-. The van der Waals surface area contributed by atoms with Crippen LogP contribution in [0.25, 0.3) is 21.5 Å². The third kappa shape index (κ3) is 3.29. The van der Waals surface area contributed by atoms with Gasteiger partial charge in [0.25, 0.3) is 5.91 Å². The Morgan fingerprint density at radius 2 is 2.09 bits per heavy atom. The van der Waals surface area contributed by atoms with E-state index in [0.29, 0.717) is 5.56 Å². The van der Waals surface area contributed by atoms with Crippen LogP contribution in [0.4, 0.5) is 0 Å². The van der Waals surface area contributed by atoms with Gasteiger partial charge in [0.15, 0.2) is 0 Å². The molecular formula is C18H17N3OS. The first-order valence-corrected chi connectivity index (χ1v) is 8.34. The molecule has 0 unspecified atom stereocenters. The van der Waals surface area contributed by atoms with Crippen LogP contribution in [0.2, 0.25) is 0 Å². The Labute approximate surface area is 138 Å². The molecule has 0 fully saturated rings. The minimum atomic E-state index is -0.214. The molecule has 1 N–H and O–H groups in total. The van der Waals surface area contributed by atoms with Gasteiger partial charge in [-0.2, -0.15) is 5.10 Å². The predicted molar refractivity (Wildman–Crippen MR) is 95.9 cm³/mol. The molecule has 23 heavy (non-hydrogen) atoms. The largest absolute Gasteiger partial charge is 0.272 e. The summed E-state index contributed by atoms with van der Waals surface area (Å²) >= 11 is 1.61. The quantitative estimate of drug-likeness (QED) is 0.568. The smallest absolute Gasteiger partial charge is 0.267 e. The van der Waals surface area contributed by atoms with Crippen LogP contribution >= 0.6 is 11.3 Å². The molecule has 0 bridgehead atoms. The third-order valence-electron chi connectivity index (χ3n) is 3.59. The summed E-state index contributed by atoms with van der Waals surface area (Å²) in [5, 5.41) is 6.95. The van der Waals surface area contributed by atoms with E-state index in [1.807, 2.05) is 61.7 Å². The molecular weight excluding hydrogens is 306 g/mol. The van der Waals surface area contributed by atoms with Crippen LogP contribution in [0.3, 0.4) is 0 Å². The molecule has 0 aliphatic rings. The van der Waals surface area contributed by atoms with Gasteiger partial charge >= 0.3 is 0 Å². The number of hydrazone groups is 1. The maximum absolute atomic E-state index is 12.6. The second-order valence-electron chi connectivity index (χ2n) is 5.19. The number of nitrogens with one attached hydrogen (secondary N) is 1. The first-order valence-electron chi connectivity index (χ1n) is 7.46. The summed E-state index contributed by atoms with van der Waals surface area (Å²) in [7, 11) is 0. The summed E-state index contributed by atoms with van der Waals surface area (Å²) in [6, 6.07) is 13.5. The zero-order valence-corrected chi connectivity index (χ0v) is 13.9. The van der Waals surface area contributed by atoms with E-state index in [2.05, 4.69) is 15.5 Å². The van der Waals surface area contributed by atoms with Gasteiger partial charge in [-0.15, -0.1) is 11.3 Å².